The highest BCUT2D eigenvalue weighted by atomic mass is 32.2. The summed E-state index contributed by atoms with van der Waals surface area (Å²) < 4.78 is 27.3. The van der Waals surface area contributed by atoms with Crippen molar-refractivity contribution >= 4 is 22.1 Å². The molecule has 0 N–H and O–H groups in total. The van der Waals surface area contributed by atoms with Gasteiger partial charge in [0.15, 0.2) is 9.84 Å². The number of hydrogen-bond acceptors (Lipinski definition) is 6. The highest BCUT2D eigenvalue weighted by Gasteiger charge is 2.32. The number of benzene rings is 1. The van der Waals surface area contributed by atoms with Gasteiger partial charge in [0.25, 0.3) is 0 Å². The topological polar surface area (TPSA) is 73.0 Å². The highest BCUT2D eigenvalue weighted by Crippen LogP contribution is 2.19. The van der Waals surface area contributed by atoms with Crippen LogP contribution in [-0.4, -0.2) is 57.2 Å². The van der Waals surface area contributed by atoms with Crippen LogP contribution in [0.3, 0.4) is 0 Å². The van der Waals surface area contributed by atoms with Crippen molar-refractivity contribution in [3.63, 3.8) is 0 Å². The molecular weight excluding hydrogens is 358 g/mol. The Labute approximate surface area is 153 Å². The van der Waals surface area contributed by atoms with Gasteiger partial charge in [-0.2, -0.15) is 4.68 Å². The van der Waals surface area contributed by atoms with Crippen LogP contribution in [0.5, 0.6) is 0 Å². The van der Waals surface area contributed by atoms with E-state index in [1.54, 1.807) is 9.36 Å². The van der Waals surface area contributed by atoms with Crippen molar-refractivity contribution in [1.82, 2.24) is 24.7 Å². The number of rotatable bonds is 5. The fourth-order valence-corrected chi connectivity index (χ4v) is 5.16. The van der Waals surface area contributed by atoms with Crippen molar-refractivity contribution in [2.24, 2.45) is 0 Å². The van der Waals surface area contributed by atoms with E-state index in [1.807, 2.05) is 39.0 Å². The minimum atomic E-state index is -2.92. The summed E-state index contributed by atoms with van der Waals surface area (Å²) in [4.78, 5) is 2.10. The summed E-state index contributed by atoms with van der Waals surface area (Å²) >= 11 is 5.55. The minimum Gasteiger partial charge on any atom is -0.280 e. The van der Waals surface area contributed by atoms with Crippen LogP contribution >= 0.6 is 12.2 Å². The zero-order chi connectivity index (χ0) is 18.2. The van der Waals surface area contributed by atoms with E-state index in [4.69, 9.17) is 12.2 Å². The smallest absolute Gasteiger partial charge is 0.221 e. The van der Waals surface area contributed by atoms with Crippen LogP contribution in [0.4, 0.5) is 0 Å². The van der Waals surface area contributed by atoms with Crippen LogP contribution in [0.25, 0.3) is 5.69 Å². The maximum Gasteiger partial charge on any atom is 0.221 e. The van der Waals surface area contributed by atoms with Gasteiger partial charge < -0.3 is 0 Å². The second-order valence-corrected chi connectivity index (χ2v) is 9.16. The minimum absolute atomic E-state index is 0.0164. The quantitative estimate of drug-likeness (QED) is 0.737. The molecule has 0 spiro atoms. The Balaban J connectivity index is 1.86. The number of nitrogens with zero attached hydrogens (tertiary/aromatic N) is 5. The lowest BCUT2D eigenvalue weighted by Crippen LogP contribution is -2.37. The molecule has 1 fully saturated rings. The van der Waals surface area contributed by atoms with Gasteiger partial charge in [0.1, 0.15) is 0 Å². The summed E-state index contributed by atoms with van der Waals surface area (Å²) in [6.07, 6.45) is 0.661. The molecule has 1 aliphatic rings. The van der Waals surface area contributed by atoms with Crippen molar-refractivity contribution < 1.29 is 8.42 Å². The fraction of sp³-hybridized carbons (Fsp3) is 0.562. The van der Waals surface area contributed by atoms with E-state index in [-0.39, 0.29) is 17.5 Å². The predicted octanol–water partition coefficient (Wildman–Crippen LogP) is 1.88. The molecule has 136 valence electrons. The summed E-state index contributed by atoms with van der Waals surface area (Å²) in [5, 5.41) is 8.40. The first-order valence-electron chi connectivity index (χ1n) is 8.35. The number of hydrogen-bond donors (Lipinski definition) is 0. The Morgan fingerprint density at radius 1 is 1.32 bits per heavy atom. The predicted molar refractivity (Wildman–Crippen MR) is 99.1 cm³/mol. The van der Waals surface area contributed by atoms with Crippen molar-refractivity contribution in [2.75, 3.05) is 18.1 Å². The number of aryl methyl sites for hydroxylation is 2. The van der Waals surface area contributed by atoms with Crippen LogP contribution in [0.2, 0.25) is 0 Å². The fourth-order valence-electron chi connectivity index (χ4n) is 3.17. The Morgan fingerprint density at radius 3 is 2.72 bits per heavy atom. The summed E-state index contributed by atoms with van der Waals surface area (Å²) in [5.41, 5.74) is 3.12. The van der Waals surface area contributed by atoms with Crippen LogP contribution in [-0.2, 0) is 16.5 Å². The van der Waals surface area contributed by atoms with Gasteiger partial charge in [-0.1, -0.05) is 19.1 Å². The molecule has 9 heteroatoms. The first-order chi connectivity index (χ1) is 11.8. The van der Waals surface area contributed by atoms with E-state index in [1.165, 1.54) is 0 Å². The van der Waals surface area contributed by atoms with Gasteiger partial charge in [0.2, 0.25) is 4.77 Å². The molecule has 0 radical (unpaired) electrons. The normalized spacial score (nSPS) is 19.6. The molecule has 7 nitrogen and oxygen atoms in total. The molecule has 1 aliphatic heterocycles. The van der Waals surface area contributed by atoms with Gasteiger partial charge in [-0.25, -0.2) is 13.1 Å². The number of tetrazole rings is 1. The lowest BCUT2D eigenvalue weighted by Gasteiger charge is -2.25. The Kier molecular flexibility index (Phi) is 5.08. The lowest BCUT2D eigenvalue weighted by molar-refractivity contribution is 0.162. The second kappa shape index (κ2) is 6.97. The van der Waals surface area contributed by atoms with Crippen LogP contribution in [0.15, 0.2) is 18.2 Å². The van der Waals surface area contributed by atoms with Crippen molar-refractivity contribution in [2.45, 2.75) is 39.9 Å². The maximum absolute atomic E-state index is 11.8. The molecular formula is C16H23N5O2S2. The molecule has 25 heavy (non-hydrogen) atoms. The summed E-state index contributed by atoms with van der Waals surface area (Å²) in [7, 11) is -2.92. The van der Waals surface area contributed by atoms with E-state index in [2.05, 4.69) is 15.3 Å². The highest BCUT2D eigenvalue weighted by molar-refractivity contribution is 7.91. The van der Waals surface area contributed by atoms with E-state index in [0.717, 1.165) is 23.4 Å². The molecule has 0 aliphatic carbocycles. The van der Waals surface area contributed by atoms with Gasteiger partial charge in [-0.05, 0) is 66.7 Å². The summed E-state index contributed by atoms with van der Waals surface area (Å²) in [5.74, 6) is 0.466. The van der Waals surface area contributed by atoms with Crippen LogP contribution in [0.1, 0.15) is 24.5 Å². The maximum atomic E-state index is 11.8. The third-order valence-corrected chi connectivity index (χ3v) is 6.81. The van der Waals surface area contributed by atoms with Crippen molar-refractivity contribution in [3.8, 4) is 5.69 Å². The molecule has 1 saturated heterocycles. The van der Waals surface area contributed by atoms with E-state index in [9.17, 15) is 8.42 Å². The summed E-state index contributed by atoms with van der Waals surface area (Å²) in [6.45, 7) is 7.23. The first-order valence-corrected chi connectivity index (χ1v) is 10.6. The van der Waals surface area contributed by atoms with Crippen LogP contribution < -0.4 is 0 Å². The Bertz CT molecular complexity index is 932. The van der Waals surface area contributed by atoms with Crippen molar-refractivity contribution in [3.05, 3.63) is 34.1 Å². The largest absolute Gasteiger partial charge is 0.280 e. The van der Waals surface area contributed by atoms with Gasteiger partial charge in [0.05, 0.1) is 23.9 Å². The molecule has 3 rings (SSSR count). The SMILES string of the molecule is CCN(Cn1nnn(-c2cc(C)ccc2C)c1=S)[C@H]1CCS(=O)(=O)C1. The van der Waals surface area contributed by atoms with Gasteiger partial charge in [-0.3, -0.25) is 4.90 Å². The average Bonchev–Trinajstić information content (AvgIpc) is 3.10. The zero-order valence-corrected chi connectivity index (χ0v) is 16.3. The Hall–Kier alpha value is -1.58. The van der Waals surface area contributed by atoms with E-state index in [0.29, 0.717) is 17.9 Å². The van der Waals surface area contributed by atoms with Gasteiger partial charge in [-0.15, -0.1) is 0 Å². The molecule has 1 atom stereocenters. The average molecular weight is 382 g/mol. The molecule has 1 aromatic heterocycles. The lowest BCUT2D eigenvalue weighted by atomic mass is 10.1. The summed E-state index contributed by atoms with van der Waals surface area (Å²) in [6, 6.07) is 6.13. The molecule has 0 unspecified atom stereocenters. The van der Waals surface area contributed by atoms with E-state index < -0.39 is 9.84 Å². The van der Waals surface area contributed by atoms with Crippen LogP contribution in [0, 0.1) is 18.6 Å². The molecule has 0 amide bonds. The van der Waals surface area contributed by atoms with Gasteiger partial charge >= 0.3 is 0 Å². The zero-order valence-electron chi connectivity index (χ0n) is 14.7. The second-order valence-electron chi connectivity index (χ2n) is 6.57. The molecule has 1 aromatic carbocycles. The Morgan fingerprint density at radius 2 is 2.08 bits per heavy atom. The number of aromatic nitrogens is 4. The molecule has 0 saturated carbocycles. The van der Waals surface area contributed by atoms with Crippen molar-refractivity contribution in [1.29, 1.82) is 0 Å². The third-order valence-electron chi connectivity index (χ3n) is 4.68. The first kappa shape index (κ1) is 18.2. The molecule has 2 heterocycles. The van der Waals surface area contributed by atoms with E-state index >= 15 is 0 Å². The standard InChI is InChI=1S/C16H23N5O2S2/c1-4-19(14-7-8-25(22,23)10-14)11-20-16(24)21(18-17-20)15-9-12(2)5-6-13(15)3/h5-6,9,14H,4,7-8,10-11H2,1-3H3/t14-/m0/s1. The monoisotopic (exact) mass is 381 g/mol. The molecule has 0 bridgehead atoms. The molecule has 2 aromatic rings. The van der Waals surface area contributed by atoms with Gasteiger partial charge in [0, 0.05) is 6.04 Å². The third kappa shape index (κ3) is 3.83. The number of sulfone groups is 1.